The van der Waals surface area contributed by atoms with Crippen LogP contribution in [0.2, 0.25) is 5.02 Å². The lowest BCUT2D eigenvalue weighted by Crippen LogP contribution is -2.20. The molecule has 31 heavy (non-hydrogen) atoms. The first-order valence-electron chi connectivity index (χ1n) is 9.38. The molecule has 0 aliphatic carbocycles. The molecule has 0 unspecified atom stereocenters. The first-order valence-corrected chi connectivity index (χ1v) is 9.76. The van der Waals surface area contributed by atoms with Crippen molar-refractivity contribution in [2.45, 2.75) is 26.9 Å². The van der Waals surface area contributed by atoms with E-state index in [0.717, 1.165) is 17.5 Å². The number of halogens is 4. The van der Waals surface area contributed by atoms with Crippen molar-refractivity contribution in [3.8, 4) is 0 Å². The minimum Gasteiger partial charge on any atom is -0.326 e. The molecule has 164 valence electrons. The van der Waals surface area contributed by atoms with Crippen molar-refractivity contribution in [3.05, 3.63) is 65.2 Å². The Hall–Kier alpha value is -3.26. The molecule has 3 aromatic rings. The van der Waals surface area contributed by atoms with E-state index in [1.807, 2.05) is 19.9 Å². The summed E-state index contributed by atoms with van der Waals surface area (Å²) in [6, 6.07) is 12.8. The van der Waals surface area contributed by atoms with Crippen molar-refractivity contribution in [1.29, 1.82) is 0 Å². The number of urea groups is 1. The lowest BCUT2D eigenvalue weighted by molar-refractivity contribution is -0.137. The summed E-state index contributed by atoms with van der Waals surface area (Å²) >= 11 is 5.59. The number of carbonyl (C=O) groups is 2. The zero-order valence-corrected chi connectivity index (χ0v) is 17.8. The number of hydrogen-bond acceptors (Lipinski definition) is 2. The van der Waals surface area contributed by atoms with Crippen LogP contribution in [0.1, 0.15) is 26.3 Å². The maximum atomic E-state index is 13.0. The molecule has 0 atom stereocenters. The van der Waals surface area contributed by atoms with Gasteiger partial charge < -0.3 is 16.0 Å². The summed E-state index contributed by atoms with van der Waals surface area (Å²) in [5.41, 5.74) is -0.120. The summed E-state index contributed by atoms with van der Waals surface area (Å²) < 4.78 is 38.9. The van der Waals surface area contributed by atoms with E-state index in [4.69, 9.17) is 11.6 Å². The van der Waals surface area contributed by atoms with Gasteiger partial charge in [0.1, 0.15) is 0 Å². The molecular formula is C22H21ClF3N3O2. The summed E-state index contributed by atoms with van der Waals surface area (Å²) in [6.07, 6.45) is -4.64. The fraction of sp³-hybridized carbons (Fsp3) is 0.182. The third kappa shape index (κ3) is 6.36. The molecular weight excluding hydrogens is 431 g/mol. The minimum absolute atomic E-state index is 0.0570. The van der Waals surface area contributed by atoms with Gasteiger partial charge in [0.05, 0.1) is 16.3 Å². The number of benzene rings is 3. The Kier molecular flexibility index (Phi) is 7.88. The van der Waals surface area contributed by atoms with Crippen molar-refractivity contribution in [3.63, 3.8) is 0 Å². The minimum atomic E-state index is -4.64. The number of hydrogen-bond donors (Lipinski definition) is 3. The average molecular weight is 452 g/mol. The van der Waals surface area contributed by atoms with Gasteiger partial charge in [-0.15, -0.1) is 0 Å². The molecule has 0 aromatic heterocycles. The van der Waals surface area contributed by atoms with Crippen molar-refractivity contribution in [1.82, 2.24) is 0 Å². The van der Waals surface area contributed by atoms with Crippen LogP contribution >= 0.6 is 11.6 Å². The first kappa shape index (κ1) is 24.0. The van der Waals surface area contributed by atoms with E-state index < -0.39 is 22.8 Å². The number of rotatable bonds is 3. The molecule has 0 bridgehead atoms. The number of alkyl halides is 3. The zero-order valence-electron chi connectivity index (χ0n) is 17.0. The third-order valence-electron chi connectivity index (χ3n) is 3.98. The Bertz CT molecular complexity index is 1100. The fourth-order valence-electron chi connectivity index (χ4n) is 2.77. The Morgan fingerprint density at radius 1 is 0.871 bits per heavy atom. The van der Waals surface area contributed by atoms with Crippen molar-refractivity contribution in [2.24, 2.45) is 0 Å². The van der Waals surface area contributed by atoms with Gasteiger partial charge >= 0.3 is 12.2 Å². The van der Waals surface area contributed by atoms with Gasteiger partial charge in [-0.25, -0.2) is 4.79 Å². The highest BCUT2D eigenvalue weighted by molar-refractivity contribution is 6.31. The van der Waals surface area contributed by atoms with Gasteiger partial charge in [0.25, 0.3) is 0 Å². The second-order valence-corrected chi connectivity index (χ2v) is 6.60. The normalized spacial score (nSPS) is 10.7. The van der Waals surface area contributed by atoms with Gasteiger partial charge in [0, 0.05) is 23.7 Å². The van der Waals surface area contributed by atoms with E-state index in [9.17, 15) is 22.8 Å². The third-order valence-corrected chi connectivity index (χ3v) is 4.31. The van der Waals surface area contributed by atoms with E-state index >= 15 is 0 Å². The van der Waals surface area contributed by atoms with E-state index in [2.05, 4.69) is 16.0 Å². The Balaban J connectivity index is 0.00000166. The molecule has 3 N–H and O–H groups in total. The van der Waals surface area contributed by atoms with Crippen LogP contribution in [0.5, 0.6) is 0 Å². The van der Waals surface area contributed by atoms with E-state index in [-0.39, 0.29) is 11.6 Å². The van der Waals surface area contributed by atoms with Gasteiger partial charge in [-0.3, -0.25) is 4.79 Å². The molecule has 3 amide bonds. The van der Waals surface area contributed by atoms with Crippen LogP contribution in [-0.4, -0.2) is 11.9 Å². The molecule has 0 saturated heterocycles. The first-order chi connectivity index (χ1) is 14.6. The molecule has 0 aliphatic rings. The van der Waals surface area contributed by atoms with E-state index in [0.29, 0.717) is 16.8 Å². The summed E-state index contributed by atoms with van der Waals surface area (Å²) in [6.45, 7) is 5.38. The summed E-state index contributed by atoms with van der Waals surface area (Å²) in [5, 5.41) is 8.64. The molecule has 5 nitrogen and oxygen atoms in total. The van der Waals surface area contributed by atoms with Crippen molar-refractivity contribution in [2.75, 3.05) is 16.0 Å². The highest BCUT2D eigenvalue weighted by atomic mass is 35.5. The summed E-state index contributed by atoms with van der Waals surface area (Å²) in [4.78, 5) is 23.6. The number of anilines is 3. The standard InChI is InChI=1S/C20H15ClF3N3O2.C2H6/c1-11(28)25-13-6-5-12-3-2-4-18(15(12)9-13)27-19(29)26-14-7-8-17(21)16(10-14)20(22,23)24;1-2/h2-10H,1H3,(H,25,28)(H2,26,27,29);1-2H3. The highest BCUT2D eigenvalue weighted by Gasteiger charge is 2.33. The smallest absolute Gasteiger partial charge is 0.326 e. The van der Waals surface area contributed by atoms with Crippen LogP contribution in [0.4, 0.5) is 35.0 Å². The second-order valence-electron chi connectivity index (χ2n) is 6.19. The molecule has 0 fully saturated rings. The van der Waals surface area contributed by atoms with Crippen LogP contribution in [0.3, 0.4) is 0 Å². The molecule has 0 heterocycles. The number of carbonyl (C=O) groups excluding carboxylic acids is 2. The number of amides is 3. The van der Waals surface area contributed by atoms with Crippen LogP contribution in [0, 0.1) is 0 Å². The molecule has 9 heteroatoms. The maximum Gasteiger partial charge on any atom is 0.417 e. The van der Waals surface area contributed by atoms with Crippen LogP contribution in [-0.2, 0) is 11.0 Å². The summed E-state index contributed by atoms with van der Waals surface area (Å²) in [7, 11) is 0. The fourth-order valence-corrected chi connectivity index (χ4v) is 2.99. The van der Waals surface area contributed by atoms with E-state index in [1.54, 1.807) is 30.3 Å². The Labute approximate surface area is 182 Å². The maximum absolute atomic E-state index is 13.0. The van der Waals surface area contributed by atoms with Gasteiger partial charge in [-0.2, -0.15) is 13.2 Å². The van der Waals surface area contributed by atoms with Crippen molar-refractivity contribution >= 4 is 51.4 Å². The lowest BCUT2D eigenvalue weighted by Gasteiger charge is -2.13. The largest absolute Gasteiger partial charge is 0.417 e. The highest BCUT2D eigenvalue weighted by Crippen LogP contribution is 2.36. The molecule has 3 aromatic carbocycles. The molecule has 0 aliphatic heterocycles. The molecule has 0 spiro atoms. The van der Waals surface area contributed by atoms with Gasteiger partial charge in [0.15, 0.2) is 0 Å². The van der Waals surface area contributed by atoms with Gasteiger partial charge in [0.2, 0.25) is 5.91 Å². The van der Waals surface area contributed by atoms with E-state index in [1.165, 1.54) is 13.0 Å². The second kappa shape index (κ2) is 10.2. The average Bonchev–Trinajstić information content (AvgIpc) is 2.70. The van der Waals surface area contributed by atoms with Crippen LogP contribution in [0.15, 0.2) is 54.6 Å². The predicted molar refractivity (Wildman–Crippen MR) is 119 cm³/mol. The Morgan fingerprint density at radius 3 is 2.16 bits per heavy atom. The number of fused-ring (bicyclic) bond motifs is 1. The molecule has 3 rings (SSSR count). The van der Waals surface area contributed by atoms with Gasteiger partial charge in [-0.05, 0) is 41.8 Å². The number of nitrogens with one attached hydrogen (secondary N) is 3. The Morgan fingerprint density at radius 2 is 1.52 bits per heavy atom. The zero-order chi connectivity index (χ0) is 23.2. The molecule has 0 radical (unpaired) electrons. The summed E-state index contributed by atoms with van der Waals surface area (Å²) in [5.74, 6) is -0.240. The molecule has 0 saturated carbocycles. The predicted octanol–water partition coefficient (Wildman–Crippen LogP) is 7.14. The topological polar surface area (TPSA) is 70.2 Å². The van der Waals surface area contributed by atoms with Crippen molar-refractivity contribution < 1.29 is 22.8 Å². The van der Waals surface area contributed by atoms with Crippen LogP contribution < -0.4 is 16.0 Å². The quantitative estimate of drug-likeness (QED) is 0.396. The van der Waals surface area contributed by atoms with Gasteiger partial charge in [-0.1, -0.05) is 43.6 Å². The lowest BCUT2D eigenvalue weighted by atomic mass is 10.1. The van der Waals surface area contributed by atoms with Crippen LogP contribution in [0.25, 0.3) is 10.8 Å². The monoisotopic (exact) mass is 451 g/mol. The SMILES string of the molecule is CC.CC(=O)Nc1ccc2cccc(NC(=O)Nc3ccc(Cl)c(C(F)(F)F)c3)c2c1.